The standard InChI is InChI=1S/C15H20N4O4S2/c1-15(2,13(24)25)7-11(12(20)21)17-14(22)23-8-9-3-5-10(6-4-9)18-19-16/h3-6,11,13,24-25H,7-8H2,1-2H3,(H,17,22)(H,20,21)/t11-/m1/s1. The minimum absolute atomic E-state index is 0.0418. The topological polar surface area (TPSA) is 124 Å². The van der Waals surface area contributed by atoms with Crippen LogP contribution in [0, 0.1) is 5.41 Å². The van der Waals surface area contributed by atoms with Crippen LogP contribution in [0.4, 0.5) is 10.5 Å². The number of ether oxygens (including phenoxy) is 1. The number of carbonyl (C=O) groups is 2. The number of benzene rings is 1. The van der Waals surface area contributed by atoms with Crippen LogP contribution in [-0.4, -0.2) is 27.8 Å². The predicted molar refractivity (Wildman–Crippen MR) is 100 cm³/mol. The lowest BCUT2D eigenvalue weighted by molar-refractivity contribution is -0.140. The van der Waals surface area contributed by atoms with Crippen molar-refractivity contribution in [3.05, 3.63) is 40.3 Å². The molecule has 0 aliphatic carbocycles. The summed E-state index contributed by atoms with van der Waals surface area (Å²) in [6, 6.07) is 5.33. The normalized spacial score (nSPS) is 12.2. The number of thiol groups is 2. The first-order valence-electron chi connectivity index (χ1n) is 7.32. The van der Waals surface area contributed by atoms with Gasteiger partial charge in [0.15, 0.2) is 0 Å². The van der Waals surface area contributed by atoms with Gasteiger partial charge in [-0.2, -0.15) is 25.3 Å². The van der Waals surface area contributed by atoms with Gasteiger partial charge in [-0.05, 0) is 22.9 Å². The average Bonchev–Trinajstić information content (AvgIpc) is 2.53. The molecule has 0 aliphatic rings. The fourth-order valence-corrected chi connectivity index (χ4v) is 2.09. The molecular formula is C15H20N4O4S2. The van der Waals surface area contributed by atoms with Crippen molar-refractivity contribution in [1.82, 2.24) is 5.32 Å². The Balaban J connectivity index is 2.60. The zero-order valence-electron chi connectivity index (χ0n) is 13.8. The number of carbonyl (C=O) groups excluding carboxylic acids is 1. The predicted octanol–water partition coefficient (Wildman–Crippen LogP) is 3.91. The molecule has 1 rings (SSSR count). The monoisotopic (exact) mass is 384 g/mol. The van der Waals surface area contributed by atoms with Gasteiger partial charge >= 0.3 is 12.1 Å². The maximum Gasteiger partial charge on any atom is 0.408 e. The maximum absolute atomic E-state index is 11.9. The highest BCUT2D eigenvalue weighted by Crippen LogP contribution is 2.32. The summed E-state index contributed by atoms with van der Waals surface area (Å²) in [6.45, 7) is 3.58. The first-order chi connectivity index (χ1) is 11.7. The number of nitrogens with zero attached hydrogens (tertiary/aromatic N) is 3. The van der Waals surface area contributed by atoms with Crippen LogP contribution in [0.15, 0.2) is 29.4 Å². The number of aliphatic carboxylic acids is 1. The first kappa shape index (κ1) is 21.0. The number of hydrogen-bond acceptors (Lipinski definition) is 6. The fourth-order valence-electron chi connectivity index (χ4n) is 1.87. The van der Waals surface area contributed by atoms with Crippen molar-refractivity contribution in [1.29, 1.82) is 0 Å². The van der Waals surface area contributed by atoms with Crippen molar-refractivity contribution in [3.8, 4) is 0 Å². The molecule has 1 aromatic carbocycles. The summed E-state index contributed by atoms with van der Waals surface area (Å²) in [5, 5.41) is 15.0. The maximum atomic E-state index is 11.9. The van der Waals surface area contributed by atoms with E-state index in [9.17, 15) is 14.7 Å². The van der Waals surface area contributed by atoms with E-state index in [1.807, 2.05) is 13.8 Å². The molecule has 0 aliphatic heterocycles. The van der Waals surface area contributed by atoms with Gasteiger partial charge in [0.05, 0.1) is 0 Å². The molecule has 0 radical (unpaired) electrons. The molecular weight excluding hydrogens is 364 g/mol. The van der Waals surface area contributed by atoms with E-state index < -0.39 is 23.5 Å². The van der Waals surface area contributed by atoms with E-state index in [4.69, 9.17) is 10.3 Å². The molecule has 0 aromatic heterocycles. The van der Waals surface area contributed by atoms with E-state index >= 15 is 0 Å². The van der Waals surface area contributed by atoms with Crippen molar-refractivity contribution in [3.63, 3.8) is 0 Å². The van der Waals surface area contributed by atoms with Crippen LogP contribution < -0.4 is 5.32 Å². The highest BCUT2D eigenvalue weighted by Gasteiger charge is 2.32. The van der Waals surface area contributed by atoms with Crippen LogP contribution in [0.25, 0.3) is 10.4 Å². The smallest absolute Gasteiger partial charge is 0.408 e. The van der Waals surface area contributed by atoms with Crippen molar-refractivity contribution in [2.45, 2.75) is 37.5 Å². The molecule has 8 nitrogen and oxygen atoms in total. The zero-order valence-corrected chi connectivity index (χ0v) is 15.6. The summed E-state index contributed by atoms with van der Waals surface area (Å²) in [4.78, 5) is 25.9. The minimum Gasteiger partial charge on any atom is -0.480 e. The van der Waals surface area contributed by atoms with Crippen LogP contribution in [-0.2, 0) is 16.1 Å². The molecule has 25 heavy (non-hydrogen) atoms. The summed E-state index contributed by atoms with van der Waals surface area (Å²) >= 11 is 8.44. The number of carboxylic acids is 1. The van der Waals surface area contributed by atoms with Gasteiger partial charge in [0, 0.05) is 15.2 Å². The van der Waals surface area contributed by atoms with Crippen molar-refractivity contribution >= 4 is 43.0 Å². The van der Waals surface area contributed by atoms with Crippen molar-refractivity contribution in [2.24, 2.45) is 10.5 Å². The molecule has 136 valence electrons. The van der Waals surface area contributed by atoms with E-state index in [0.29, 0.717) is 11.3 Å². The number of rotatable bonds is 8. The molecule has 0 bridgehead atoms. The van der Waals surface area contributed by atoms with Crippen LogP contribution in [0.2, 0.25) is 0 Å². The van der Waals surface area contributed by atoms with Gasteiger partial charge in [0.25, 0.3) is 0 Å². The summed E-state index contributed by atoms with van der Waals surface area (Å²) in [7, 11) is 0. The Bertz CT molecular complexity index is 658. The third-order valence-electron chi connectivity index (χ3n) is 3.49. The number of azide groups is 1. The SMILES string of the molecule is CC(C)(C[C@@H](NC(=O)OCc1ccc(N=[N+]=[N-])cc1)C(=O)O)C(S)S. The lowest BCUT2D eigenvalue weighted by Crippen LogP contribution is -2.44. The molecule has 0 unspecified atom stereocenters. The van der Waals surface area contributed by atoms with E-state index in [1.54, 1.807) is 24.3 Å². The van der Waals surface area contributed by atoms with Gasteiger partial charge in [-0.25, -0.2) is 9.59 Å². The number of amides is 1. The fraction of sp³-hybridized carbons (Fsp3) is 0.467. The van der Waals surface area contributed by atoms with Gasteiger partial charge < -0.3 is 15.2 Å². The summed E-state index contributed by atoms with van der Waals surface area (Å²) in [6.07, 6.45) is -0.687. The Morgan fingerprint density at radius 1 is 1.36 bits per heavy atom. The zero-order chi connectivity index (χ0) is 19.0. The second-order valence-corrected chi connectivity index (χ2v) is 7.47. The lowest BCUT2D eigenvalue weighted by Gasteiger charge is -2.30. The van der Waals surface area contributed by atoms with Crippen molar-refractivity contribution in [2.75, 3.05) is 0 Å². The molecule has 10 heteroatoms. The largest absolute Gasteiger partial charge is 0.480 e. The highest BCUT2D eigenvalue weighted by molar-refractivity contribution is 7.99. The molecule has 0 fully saturated rings. The quantitative estimate of drug-likeness (QED) is 0.178. The summed E-state index contributed by atoms with van der Waals surface area (Å²) in [5.74, 6) is -1.16. The van der Waals surface area contributed by atoms with E-state index in [0.717, 1.165) is 0 Å². The lowest BCUT2D eigenvalue weighted by atomic mass is 9.87. The number of alkyl carbamates (subject to hydrolysis) is 1. The van der Waals surface area contributed by atoms with Crippen molar-refractivity contribution < 1.29 is 19.4 Å². The minimum atomic E-state index is -1.16. The molecule has 0 heterocycles. The molecule has 0 saturated heterocycles. The van der Waals surface area contributed by atoms with E-state index in [1.165, 1.54) is 0 Å². The Labute approximate surface area is 156 Å². The molecule has 2 N–H and O–H groups in total. The van der Waals surface area contributed by atoms with Gasteiger partial charge in [0.1, 0.15) is 12.6 Å². The molecule has 1 atom stereocenters. The van der Waals surface area contributed by atoms with E-state index in [-0.39, 0.29) is 17.6 Å². The third-order valence-corrected chi connectivity index (χ3v) is 4.88. The van der Waals surface area contributed by atoms with E-state index in [2.05, 4.69) is 40.6 Å². The highest BCUT2D eigenvalue weighted by atomic mass is 32.2. The number of hydrogen-bond donors (Lipinski definition) is 4. The van der Waals surface area contributed by atoms with Gasteiger partial charge in [-0.1, -0.05) is 43.2 Å². The number of carboxylic acid groups (broad SMARTS) is 1. The summed E-state index contributed by atoms with van der Waals surface area (Å²) < 4.78 is 4.68. The van der Waals surface area contributed by atoms with Gasteiger partial charge in [-0.3, -0.25) is 0 Å². The van der Waals surface area contributed by atoms with Gasteiger partial charge in [0.2, 0.25) is 0 Å². The Morgan fingerprint density at radius 3 is 2.44 bits per heavy atom. The molecule has 0 spiro atoms. The van der Waals surface area contributed by atoms with Crippen LogP contribution in [0.1, 0.15) is 25.8 Å². The molecule has 1 aromatic rings. The Morgan fingerprint density at radius 2 is 1.96 bits per heavy atom. The second-order valence-electron chi connectivity index (χ2n) is 6.03. The Hall–Kier alpha value is -2.03. The second kappa shape index (κ2) is 9.45. The summed E-state index contributed by atoms with van der Waals surface area (Å²) in [5.41, 5.74) is 8.93. The Kier molecular flexibility index (Phi) is 7.95. The van der Waals surface area contributed by atoms with Crippen LogP contribution in [0.5, 0.6) is 0 Å². The first-order valence-corrected chi connectivity index (χ1v) is 8.35. The number of nitrogens with one attached hydrogen (secondary N) is 1. The van der Waals surface area contributed by atoms with Gasteiger partial charge in [-0.15, -0.1) is 0 Å². The molecule has 1 amide bonds. The van der Waals surface area contributed by atoms with Crippen LogP contribution in [0.3, 0.4) is 0 Å². The average molecular weight is 384 g/mol. The third kappa shape index (κ3) is 7.16. The molecule has 0 saturated carbocycles. The van der Waals surface area contributed by atoms with Crippen LogP contribution >= 0.6 is 25.3 Å².